The van der Waals surface area contributed by atoms with Crippen molar-refractivity contribution in [2.75, 3.05) is 13.2 Å². The third kappa shape index (κ3) is 4.10. The molecule has 1 unspecified atom stereocenters. The monoisotopic (exact) mass is 315 g/mol. The van der Waals surface area contributed by atoms with Crippen LogP contribution in [0.2, 0.25) is 0 Å². The first-order valence-corrected chi connectivity index (χ1v) is 7.84. The lowest BCUT2D eigenvalue weighted by Crippen LogP contribution is -2.38. The molecule has 1 atom stereocenters. The topological polar surface area (TPSA) is 67.6 Å². The average Bonchev–Trinajstić information content (AvgIpc) is 3.22. The number of phenols is 1. The minimum absolute atomic E-state index is 0.0123. The van der Waals surface area contributed by atoms with E-state index >= 15 is 0 Å². The summed E-state index contributed by atoms with van der Waals surface area (Å²) in [5.74, 6) is 0.196. The molecule has 2 heterocycles. The van der Waals surface area contributed by atoms with Crippen molar-refractivity contribution in [3.8, 4) is 5.75 Å². The van der Waals surface area contributed by atoms with Crippen LogP contribution in [-0.2, 0) is 22.6 Å². The number of aromatic hydroxyl groups is 1. The van der Waals surface area contributed by atoms with Crippen LogP contribution in [0.4, 0.5) is 0 Å². The quantitative estimate of drug-likeness (QED) is 0.882. The Bertz CT molecular complexity index is 636. The maximum absolute atomic E-state index is 12.7. The first-order chi connectivity index (χ1) is 11.2. The Morgan fingerprint density at radius 3 is 3.00 bits per heavy atom. The van der Waals surface area contributed by atoms with Crippen molar-refractivity contribution in [2.45, 2.75) is 32.0 Å². The van der Waals surface area contributed by atoms with Crippen molar-refractivity contribution >= 4 is 5.91 Å². The zero-order chi connectivity index (χ0) is 16.1. The molecule has 6 nitrogen and oxygen atoms in total. The normalized spacial score (nSPS) is 17.3. The van der Waals surface area contributed by atoms with Crippen molar-refractivity contribution < 1.29 is 14.6 Å². The van der Waals surface area contributed by atoms with E-state index in [1.165, 1.54) is 0 Å². The van der Waals surface area contributed by atoms with Gasteiger partial charge in [0.05, 0.1) is 12.4 Å². The number of nitrogens with zero attached hydrogens (tertiary/aromatic N) is 3. The van der Waals surface area contributed by atoms with Gasteiger partial charge in [-0.25, -0.2) is 4.98 Å². The molecular weight excluding hydrogens is 294 g/mol. The summed E-state index contributed by atoms with van der Waals surface area (Å²) in [5.41, 5.74) is 0.740. The van der Waals surface area contributed by atoms with Crippen LogP contribution in [0.25, 0.3) is 0 Å². The number of hydrogen-bond acceptors (Lipinski definition) is 4. The van der Waals surface area contributed by atoms with Gasteiger partial charge in [0, 0.05) is 37.7 Å². The third-order valence-electron chi connectivity index (χ3n) is 4.03. The van der Waals surface area contributed by atoms with Crippen LogP contribution in [0.3, 0.4) is 0 Å². The molecule has 1 aliphatic rings. The summed E-state index contributed by atoms with van der Waals surface area (Å²) in [5, 5.41) is 9.97. The number of amides is 1. The highest BCUT2D eigenvalue weighted by Gasteiger charge is 2.23. The summed E-state index contributed by atoms with van der Waals surface area (Å²) in [6.45, 7) is 1.91. The van der Waals surface area contributed by atoms with Crippen LogP contribution in [-0.4, -0.2) is 44.7 Å². The van der Waals surface area contributed by atoms with Gasteiger partial charge in [-0.15, -0.1) is 0 Å². The van der Waals surface area contributed by atoms with Crippen LogP contribution in [0.1, 0.15) is 18.4 Å². The number of imidazole rings is 1. The Kier molecular flexibility index (Phi) is 4.92. The molecule has 1 saturated heterocycles. The zero-order valence-electron chi connectivity index (χ0n) is 13.0. The van der Waals surface area contributed by atoms with Gasteiger partial charge in [-0.1, -0.05) is 18.2 Å². The minimum atomic E-state index is -0.0123. The Hall–Kier alpha value is -2.34. The molecule has 1 aromatic carbocycles. The van der Waals surface area contributed by atoms with Crippen molar-refractivity contribution in [2.24, 2.45) is 0 Å². The van der Waals surface area contributed by atoms with E-state index in [1.54, 1.807) is 40.3 Å². The van der Waals surface area contributed by atoms with Gasteiger partial charge in [0.2, 0.25) is 5.91 Å². The second-order valence-electron chi connectivity index (χ2n) is 5.77. The first-order valence-electron chi connectivity index (χ1n) is 7.84. The standard InChI is InChI=1S/C17H21N3O3/c21-16-6-2-1-4-14(16)10-20(11-15-5-3-9-23-15)17(22)12-19-8-7-18-13-19/h1-2,4,6-8,13,15,21H,3,5,9-12H2. The number of carbonyl (C=O) groups is 1. The SMILES string of the molecule is O=C(Cn1ccnc1)N(Cc1ccccc1O)CC1CCCO1. The number of para-hydroxylation sites is 1. The molecule has 1 aliphatic heterocycles. The second-order valence-corrected chi connectivity index (χ2v) is 5.77. The summed E-state index contributed by atoms with van der Waals surface area (Å²) in [6, 6.07) is 7.11. The molecule has 0 spiro atoms. The molecule has 122 valence electrons. The molecular formula is C17H21N3O3. The number of benzene rings is 1. The number of hydrogen-bond donors (Lipinski definition) is 1. The van der Waals surface area contributed by atoms with Gasteiger partial charge in [-0.05, 0) is 18.9 Å². The smallest absolute Gasteiger partial charge is 0.242 e. The van der Waals surface area contributed by atoms with Crippen LogP contribution < -0.4 is 0 Å². The van der Waals surface area contributed by atoms with E-state index in [1.807, 2.05) is 12.1 Å². The summed E-state index contributed by atoms with van der Waals surface area (Å²) in [7, 11) is 0. The summed E-state index contributed by atoms with van der Waals surface area (Å²) in [4.78, 5) is 18.4. The van der Waals surface area contributed by atoms with Crippen LogP contribution in [0.15, 0.2) is 43.0 Å². The molecule has 6 heteroatoms. The number of rotatable bonds is 6. The third-order valence-corrected chi connectivity index (χ3v) is 4.03. The number of aromatic nitrogens is 2. The van der Waals surface area contributed by atoms with Gasteiger partial charge in [-0.3, -0.25) is 4.79 Å². The van der Waals surface area contributed by atoms with Gasteiger partial charge in [0.1, 0.15) is 12.3 Å². The molecule has 23 heavy (non-hydrogen) atoms. The molecule has 0 radical (unpaired) electrons. The van der Waals surface area contributed by atoms with Gasteiger partial charge in [0.25, 0.3) is 0 Å². The van der Waals surface area contributed by atoms with Gasteiger partial charge in [-0.2, -0.15) is 0 Å². The molecule has 0 saturated carbocycles. The molecule has 2 aromatic rings. The van der Waals surface area contributed by atoms with E-state index in [0.717, 1.165) is 25.0 Å². The van der Waals surface area contributed by atoms with Crippen molar-refractivity contribution in [3.63, 3.8) is 0 Å². The number of ether oxygens (including phenoxy) is 1. The summed E-state index contributed by atoms with van der Waals surface area (Å²) >= 11 is 0. The molecule has 1 N–H and O–H groups in total. The highest BCUT2D eigenvalue weighted by molar-refractivity contribution is 5.76. The lowest BCUT2D eigenvalue weighted by Gasteiger charge is -2.26. The maximum Gasteiger partial charge on any atom is 0.242 e. The van der Waals surface area contributed by atoms with Crippen LogP contribution in [0, 0.1) is 0 Å². The summed E-state index contributed by atoms with van der Waals surface area (Å²) < 4.78 is 7.41. The fraction of sp³-hybridized carbons (Fsp3) is 0.412. The number of carbonyl (C=O) groups excluding carboxylic acids is 1. The van der Waals surface area contributed by atoms with E-state index < -0.39 is 0 Å². The zero-order valence-corrected chi connectivity index (χ0v) is 13.0. The number of phenolic OH excluding ortho intramolecular Hbond substituents is 1. The van der Waals surface area contributed by atoms with E-state index in [0.29, 0.717) is 13.1 Å². The van der Waals surface area contributed by atoms with E-state index in [4.69, 9.17) is 4.74 Å². The summed E-state index contributed by atoms with van der Waals surface area (Å²) in [6.07, 6.45) is 7.12. The minimum Gasteiger partial charge on any atom is -0.508 e. The van der Waals surface area contributed by atoms with Gasteiger partial charge >= 0.3 is 0 Å². The first kappa shape index (κ1) is 15.6. The predicted molar refractivity (Wildman–Crippen MR) is 84.7 cm³/mol. The van der Waals surface area contributed by atoms with E-state index in [2.05, 4.69) is 4.98 Å². The molecule has 0 aliphatic carbocycles. The maximum atomic E-state index is 12.7. The van der Waals surface area contributed by atoms with Crippen LogP contribution >= 0.6 is 0 Å². The van der Waals surface area contributed by atoms with Crippen molar-refractivity contribution in [1.82, 2.24) is 14.5 Å². The van der Waals surface area contributed by atoms with Crippen molar-refractivity contribution in [3.05, 3.63) is 48.5 Å². The predicted octanol–water partition coefficient (Wildman–Crippen LogP) is 1.80. The Balaban J connectivity index is 1.72. The molecule has 3 rings (SSSR count). The fourth-order valence-corrected chi connectivity index (χ4v) is 2.78. The molecule has 0 bridgehead atoms. The molecule has 1 amide bonds. The van der Waals surface area contributed by atoms with E-state index in [9.17, 15) is 9.90 Å². The molecule has 1 fully saturated rings. The average molecular weight is 315 g/mol. The lowest BCUT2D eigenvalue weighted by molar-refractivity contribution is -0.134. The fourth-order valence-electron chi connectivity index (χ4n) is 2.78. The Morgan fingerprint density at radius 1 is 1.43 bits per heavy atom. The van der Waals surface area contributed by atoms with Gasteiger partial charge < -0.3 is 19.3 Å². The lowest BCUT2D eigenvalue weighted by atomic mass is 10.1. The molecule has 1 aromatic heterocycles. The van der Waals surface area contributed by atoms with Crippen molar-refractivity contribution in [1.29, 1.82) is 0 Å². The highest BCUT2D eigenvalue weighted by Crippen LogP contribution is 2.20. The van der Waals surface area contributed by atoms with Gasteiger partial charge in [0.15, 0.2) is 0 Å². The van der Waals surface area contributed by atoms with E-state index in [-0.39, 0.29) is 24.3 Å². The second kappa shape index (κ2) is 7.28. The largest absolute Gasteiger partial charge is 0.508 e. The van der Waals surface area contributed by atoms with Crippen LogP contribution in [0.5, 0.6) is 5.75 Å². The Morgan fingerprint density at radius 2 is 2.30 bits per heavy atom. The Labute approximate surface area is 135 Å². The highest BCUT2D eigenvalue weighted by atomic mass is 16.5.